The molecule has 2 rings (SSSR count). The molecule has 0 fully saturated rings. The predicted molar refractivity (Wildman–Crippen MR) is 105 cm³/mol. The smallest absolute Gasteiger partial charge is 0.196 e. The van der Waals surface area contributed by atoms with E-state index in [9.17, 15) is 4.79 Å². The molecule has 2 aromatic carbocycles. The van der Waals surface area contributed by atoms with E-state index < -0.39 is 0 Å². The molecule has 2 unspecified atom stereocenters. The predicted octanol–water partition coefficient (Wildman–Crippen LogP) is 3.92. The van der Waals surface area contributed by atoms with Gasteiger partial charge in [0.25, 0.3) is 0 Å². The number of aryl methyl sites for hydroxylation is 1. The maximum atomic E-state index is 12.9. The van der Waals surface area contributed by atoms with Gasteiger partial charge in [0.15, 0.2) is 11.8 Å². The Balaban J connectivity index is 2.20. The zero-order valence-electron chi connectivity index (χ0n) is 15.8. The van der Waals surface area contributed by atoms with Crippen molar-refractivity contribution in [3.63, 3.8) is 0 Å². The van der Waals surface area contributed by atoms with Crippen LogP contribution in [0.2, 0.25) is 0 Å². The summed E-state index contributed by atoms with van der Waals surface area (Å²) in [6, 6.07) is 11.0. The van der Waals surface area contributed by atoms with Gasteiger partial charge in [-0.25, -0.2) is 0 Å². The van der Waals surface area contributed by atoms with E-state index in [-0.39, 0.29) is 20.4 Å². The standard InChI is InChI=1S/C20H25O5P/c1-6-24-14(3)25-15-10-11-18(13(2)12-15)26-20(21)19-16(22-4)8-7-9-17(19)23-5/h7-12,14,26H,6H2,1-5H3. The van der Waals surface area contributed by atoms with Crippen LogP contribution in [0.1, 0.15) is 29.8 Å². The van der Waals surface area contributed by atoms with Crippen LogP contribution >= 0.6 is 8.58 Å². The van der Waals surface area contributed by atoms with Gasteiger partial charge < -0.3 is 18.9 Å². The molecule has 0 saturated heterocycles. The SMILES string of the molecule is CCOC(C)Oc1ccc(PC(=O)c2c(OC)cccc2OC)c(C)c1. The lowest BCUT2D eigenvalue weighted by molar-refractivity contribution is -0.0613. The first kappa shape index (κ1) is 20.2. The van der Waals surface area contributed by atoms with Crippen LogP contribution in [0.5, 0.6) is 17.2 Å². The van der Waals surface area contributed by atoms with E-state index in [0.29, 0.717) is 23.7 Å². The third-order valence-corrected chi connectivity index (χ3v) is 5.11. The van der Waals surface area contributed by atoms with Gasteiger partial charge in [0.1, 0.15) is 22.8 Å². The van der Waals surface area contributed by atoms with E-state index in [0.717, 1.165) is 16.6 Å². The van der Waals surface area contributed by atoms with Crippen LogP contribution in [-0.4, -0.2) is 32.6 Å². The van der Waals surface area contributed by atoms with Gasteiger partial charge in [0, 0.05) is 6.61 Å². The van der Waals surface area contributed by atoms with Gasteiger partial charge in [0.05, 0.1) is 14.2 Å². The van der Waals surface area contributed by atoms with Gasteiger partial charge in [-0.15, -0.1) is 0 Å². The van der Waals surface area contributed by atoms with Crippen molar-refractivity contribution >= 4 is 19.4 Å². The molecule has 0 amide bonds. The van der Waals surface area contributed by atoms with Gasteiger partial charge >= 0.3 is 0 Å². The number of carbonyl (C=O) groups excluding carboxylic acids is 1. The van der Waals surface area contributed by atoms with Crippen LogP contribution < -0.4 is 19.5 Å². The van der Waals surface area contributed by atoms with E-state index in [1.807, 2.05) is 39.0 Å². The Bertz CT molecular complexity index is 738. The van der Waals surface area contributed by atoms with Crippen molar-refractivity contribution in [2.24, 2.45) is 0 Å². The highest BCUT2D eigenvalue weighted by atomic mass is 31.1. The van der Waals surface area contributed by atoms with Gasteiger partial charge in [0.2, 0.25) is 0 Å². The Kier molecular flexibility index (Phi) is 7.43. The third-order valence-electron chi connectivity index (χ3n) is 3.80. The molecule has 0 aliphatic heterocycles. The molecule has 2 atom stereocenters. The van der Waals surface area contributed by atoms with E-state index in [1.54, 1.807) is 32.4 Å². The van der Waals surface area contributed by atoms with Crippen molar-refractivity contribution in [3.05, 3.63) is 47.5 Å². The number of rotatable bonds is 9. The van der Waals surface area contributed by atoms with Crippen LogP contribution in [0.25, 0.3) is 0 Å². The molecule has 0 heterocycles. The molecular weight excluding hydrogens is 351 g/mol. The Morgan fingerprint density at radius 1 is 1.12 bits per heavy atom. The first-order chi connectivity index (χ1) is 12.5. The summed E-state index contributed by atoms with van der Waals surface area (Å²) in [5, 5.41) is 0.958. The fraction of sp³-hybridized carbons (Fsp3) is 0.350. The lowest BCUT2D eigenvalue weighted by Crippen LogP contribution is -2.16. The zero-order valence-corrected chi connectivity index (χ0v) is 16.8. The van der Waals surface area contributed by atoms with Crippen LogP contribution in [0.4, 0.5) is 0 Å². The first-order valence-corrected chi connectivity index (χ1v) is 9.41. The van der Waals surface area contributed by atoms with Crippen molar-refractivity contribution < 1.29 is 23.7 Å². The van der Waals surface area contributed by atoms with Gasteiger partial charge in [-0.3, -0.25) is 4.79 Å². The van der Waals surface area contributed by atoms with Crippen LogP contribution in [0, 0.1) is 6.92 Å². The van der Waals surface area contributed by atoms with Crippen molar-refractivity contribution in [2.45, 2.75) is 27.1 Å². The van der Waals surface area contributed by atoms with Gasteiger partial charge in [-0.05, 0) is 64.5 Å². The maximum absolute atomic E-state index is 12.9. The second-order valence-corrected chi connectivity index (χ2v) is 6.85. The number of carbonyl (C=O) groups is 1. The quantitative estimate of drug-likeness (QED) is 0.490. The summed E-state index contributed by atoms with van der Waals surface area (Å²) >= 11 is 0. The fourth-order valence-corrected chi connectivity index (χ4v) is 3.62. The summed E-state index contributed by atoms with van der Waals surface area (Å²) in [6.45, 7) is 6.33. The number of hydrogen-bond donors (Lipinski definition) is 0. The maximum Gasteiger partial charge on any atom is 0.196 e. The molecule has 0 aromatic heterocycles. The summed E-state index contributed by atoms with van der Waals surface area (Å²) in [4.78, 5) is 12.9. The second-order valence-electron chi connectivity index (χ2n) is 5.61. The topological polar surface area (TPSA) is 54.0 Å². The molecule has 0 spiro atoms. The molecule has 0 radical (unpaired) electrons. The first-order valence-electron chi connectivity index (χ1n) is 8.41. The summed E-state index contributed by atoms with van der Waals surface area (Å²) in [6.07, 6.45) is -0.313. The number of benzene rings is 2. The van der Waals surface area contributed by atoms with Crippen LogP contribution in [0.3, 0.4) is 0 Å². The minimum absolute atomic E-state index is 0.0289. The molecule has 6 heteroatoms. The minimum atomic E-state index is -0.313. The average Bonchev–Trinajstić information content (AvgIpc) is 2.63. The van der Waals surface area contributed by atoms with E-state index >= 15 is 0 Å². The Hall–Kier alpha value is -2.10. The summed E-state index contributed by atoms with van der Waals surface area (Å²) < 4.78 is 21.8. The molecule has 2 aromatic rings. The Morgan fingerprint density at radius 3 is 2.31 bits per heavy atom. The molecule has 26 heavy (non-hydrogen) atoms. The number of methoxy groups -OCH3 is 2. The zero-order chi connectivity index (χ0) is 19.1. The van der Waals surface area contributed by atoms with Crippen molar-refractivity contribution in [3.8, 4) is 17.2 Å². The van der Waals surface area contributed by atoms with E-state index in [1.165, 1.54) is 0 Å². The van der Waals surface area contributed by atoms with Crippen LogP contribution in [0.15, 0.2) is 36.4 Å². The second kappa shape index (κ2) is 9.56. The van der Waals surface area contributed by atoms with Crippen molar-refractivity contribution in [1.29, 1.82) is 0 Å². The fourth-order valence-electron chi connectivity index (χ4n) is 2.57. The molecule has 0 saturated carbocycles. The molecular formula is C20H25O5P. The van der Waals surface area contributed by atoms with Gasteiger partial charge in [-0.1, -0.05) is 12.1 Å². The summed E-state index contributed by atoms with van der Waals surface area (Å²) in [5.74, 6) is 1.76. The lowest BCUT2D eigenvalue weighted by atomic mass is 10.2. The Labute approximate surface area is 156 Å². The highest BCUT2D eigenvalue weighted by molar-refractivity contribution is 7.66. The highest BCUT2D eigenvalue weighted by Crippen LogP contribution is 2.34. The number of ether oxygens (including phenoxy) is 4. The van der Waals surface area contributed by atoms with Crippen LogP contribution in [-0.2, 0) is 4.74 Å². The normalized spacial score (nSPS) is 12.2. The molecule has 0 aliphatic carbocycles. The number of hydrogen-bond acceptors (Lipinski definition) is 5. The largest absolute Gasteiger partial charge is 0.496 e. The Morgan fingerprint density at radius 2 is 1.77 bits per heavy atom. The minimum Gasteiger partial charge on any atom is -0.496 e. The average molecular weight is 376 g/mol. The molecule has 0 bridgehead atoms. The molecule has 5 nitrogen and oxygen atoms in total. The monoisotopic (exact) mass is 376 g/mol. The summed E-state index contributed by atoms with van der Waals surface area (Å²) in [7, 11) is 3.05. The van der Waals surface area contributed by atoms with Crippen molar-refractivity contribution in [1.82, 2.24) is 0 Å². The third kappa shape index (κ3) is 4.96. The highest BCUT2D eigenvalue weighted by Gasteiger charge is 2.19. The van der Waals surface area contributed by atoms with E-state index in [2.05, 4.69) is 0 Å². The van der Waals surface area contributed by atoms with Crippen molar-refractivity contribution in [2.75, 3.05) is 20.8 Å². The molecule has 0 aliphatic rings. The van der Waals surface area contributed by atoms with E-state index in [4.69, 9.17) is 18.9 Å². The lowest BCUT2D eigenvalue weighted by Gasteiger charge is -2.16. The van der Waals surface area contributed by atoms with Gasteiger partial charge in [-0.2, -0.15) is 0 Å². The molecule has 0 N–H and O–H groups in total. The summed E-state index contributed by atoms with van der Waals surface area (Å²) in [5.41, 5.74) is 1.44. The molecule has 140 valence electrons.